The Balaban J connectivity index is 1.36. The number of benzene rings is 1. The van der Waals surface area contributed by atoms with Crippen LogP contribution in [0.15, 0.2) is 30.6 Å². The third kappa shape index (κ3) is 3.00. The van der Waals surface area contributed by atoms with Crippen molar-refractivity contribution in [3.63, 3.8) is 0 Å². The molecular formula is C23H26N6O2. The summed E-state index contributed by atoms with van der Waals surface area (Å²) in [6.07, 6.45) is 7.30. The molecule has 0 spiro atoms. The summed E-state index contributed by atoms with van der Waals surface area (Å²) in [4.78, 5) is 24.0. The zero-order chi connectivity index (χ0) is 21.1. The number of carbonyl (C=O) groups is 2. The van der Waals surface area contributed by atoms with Crippen molar-refractivity contribution in [2.75, 3.05) is 13.1 Å². The highest BCUT2D eigenvalue weighted by molar-refractivity contribution is 6.01. The molecule has 0 radical (unpaired) electrons. The van der Waals surface area contributed by atoms with E-state index in [0.29, 0.717) is 18.9 Å². The zero-order valence-corrected chi connectivity index (χ0v) is 17.5. The highest BCUT2D eigenvalue weighted by Gasteiger charge is 2.38. The Labute approximate surface area is 180 Å². The Hall–Kier alpha value is -3.00. The molecule has 3 unspecified atom stereocenters. The van der Waals surface area contributed by atoms with Gasteiger partial charge in [0.1, 0.15) is 6.04 Å². The number of fused-ring (bicyclic) bond motifs is 2. The van der Waals surface area contributed by atoms with Gasteiger partial charge < -0.3 is 5.32 Å². The summed E-state index contributed by atoms with van der Waals surface area (Å²) in [5.74, 6) is 1.06. The second-order valence-corrected chi connectivity index (χ2v) is 9.21. The molecule has 4 heterocycles. The van der Waals surface area contributed by atoms with Crippen LogP contribution in [-0.4, -0.2) is 44.5 Å². The lowest BCUT2D eigenvalue weighted by atomic mass is 10.0. The summed E-state index contributed by atoms with van der Waals surface area (Å²) in [5.41, 5.74) is 3.95. The molecule has 2 aliphatic heterocycles. The van der Waals surface area contributed by atoms with Crippen molar-refractivity contribution in [2.24, 2.45) is 11.8 Å². The average Bonchev–Trinajstić information content (AvgIpc) is 3.51. The Morgan fingerprint density at radius 2 is 1.94 bits per heavy atom. The van der Waals surface area contributed by atoms with Crippen molar-refractivity contribution in [1.82, 2.24) is 30.2 Å². The third-order valence-corrected chi connectivity index (χ3v) is 7.33. The summed E-state index contributed by atoms with van der Waals surface area (Å²) < 4.78 is 3.93. The number of nitrogens with zero attached hydrogens (tertiary/aromatic N) is 4. The standard InChI is InChI=1S/C23H26N6O2/c1-13-22-18(16-11-25-28(12-16)17-7-14-9-24-10-15(14)8-17)3-2-4-19(22)29(27-13)20-5-6-21(30)26-23(20)31/h2-4,11-12,14-15,17,20,24H,5-10H2,1H3,(H,26,30,31). The van der Waals surface area contributed by atoms with E-state index in [4.69, 9.17) is 10.2 Å². The molecule has 160 valence electrons. The fraction of sp³-hybridized carbons (Fsp3) is 0.478. The maximum absolute atomic E-state index is 12.4. The number of hydrogen-bond donors (Lipinski definition) is 2. The highest BCUT2D eigenvalue weighted by Crippen LogP contribution is 2.42. The number of aromatic nitrogens is 4. The number of aryl methyl sites for hydroxylation is 1. The number of piperidine rings is 1. The Morgan fingerprint density at radius 1 is 1.13 bits per heavy atom. The molecule has 1 aliphatic carbocycles. The van der Waals surface area contributed by atoms with Crippen molar-refractivity contribution < 1.29 is 9.59 Å². The Kier molecular flexibility index (Phi) is 4.24. The maximum Gasteiger partial charge on any atom is 0.251 e. The fourth-order valence-electron chi connectivity index (χ4n) is 5.80. The number of imide groups is 1. The molecule has 0 bridgehead atoms. The summed E-state index contributed by atoms with van der Waals surface area (Å²) >= 11 is 0. The molecule has 8 heteroatoms. The molecule has 8 nitrogen and oxygen atoms in total. The van der Waals surface area contributed by atoms with Crippen molar-refractivity contribution in [3.05, 3.63) is 36.3 Å². The van der Waals surface area contributed by atoms with Crippen LogP contribution in [0.1, 0.15) is 43.5 Å². The first kappa shape index (κ1) is 18.7. The van der Waals surface area contributed by atoms with E-state index in [0.717, 1.165) is 52.6 Å². The summed E-state index contributed by atoms with van der Waals surface area (Å²) in [5, 5.41) is 16.4. The van der Waals surface area contributed by atoms with E-state index in [1.165, 1.54) is 12.8 Å². The third-order valence-electron chi connectivity index (χ3n) is 7.33. The topological polar surface area (TPSA) is 93.8 Å². The van der Waals surface area contributed by atoms with Gasteiger partial charge in [0.25, 0.3) is 5.91 Å². The van der Waals surface area contributed by atoms with E-state index in [9.17, 15) is 9.59 Å². The first-order valence-corrected chi connectivity index (χ1v) is 11.2. The van der Waals surface area contributed by atoms with Crippen molar-refractivity contribution in [1.29, 1.82) is 0 Å². The Morgan fingerprint density at radius 3 is 2.71 bits per heavy atom. The molecule has 2 aromatic heterocycles. The van der Waals surface area contributed by atoms with Crippen LogP contribution >= 0.6 is 0 Å². The van der Waals surface area contributed by atoms with E-state index in [2.05, 4.69) is 27.6 Å². The van der Waals surface area contributed by atoms with Gasteiger partial charge in [0, 0.05) is 23.6 Å². The van der Waals surface area contributed by atoms with Crippen LogP contribution in [0, 0.1) is 18.8 Å². The number of amides is 2. The smallest absolute Gasteiger partial charge is 0.251 e. The lowest BCUT2D eigenvalue weighted by Gasteiger charge is -2.21. The van der Waals surface area contributed by atoms with Crippen LogP contribution in [0.4, 0.5) is 0 Å². The normalized spacial score (nSPS) is 28.3. The fourth-order valence-corrected chi connectivity index (χ4v) is 5.80. The zero-order valence-electron chi connectivity index (χ0n) is 17.5. The maximum atomic E-state index is 12.4. The SMILES string of the molecule is Cc1nn(C2CCC(=O)NC2=O)c2cccc(-c3cnn(C4CC5CNCC5C4)c3)c12. The van der Waals surface area contributed by atoms with Crippen LogP contribution in [0.5, 0.6) is 0 Å². The molecule has 2 N–H and O–H groups in total. The summed E-state index contributed by atoms with van der Waals surface area (Å²) in [6.45, 7) is 4.24. The number of rotatable bonds is 3. The minimum Gasteiger partial charge on any atom is -0.316 e. The minimum atomic E-state index is -0.460. The quantitative estimate of drug-likeness (QED) is 0.637. The van der Waals surface area contributed by atoms with E-state index in [1.807, 2.05) is 25.3 Å². The molecule has 3 atom stereocenters. The highest BCUT2D eigenvalue weighted by atomic mass is 16.2. The lowest BCUT2D eigenvalue weighted by molar-refractivity contribution is -0.135. The van der Waals surface area contributed by atoms with E-state index in [-0.39, 0.29) is 11.8 Å². The van der Waals surface area contributed by atoms with E-state index in [1.54, 1.807) is 4.68 Å². The first-order valence-electron chi connectivity index (χ1n) is 11.2. The second kappa shape index (κ2) is 7.02. The summed E-state index contributed by atoms with van der Waals surface area (Å²) in [7, 11) is 0. The summed E-state index contributed by atoms with van der Waals surface area (Å²) in [6, 6.07) is 6.11. The molecule has 6 rings (SSSR count). The minimum absolute atomic E-state index is 0.214. The molecule has 1 aromatic carbocycles. The van der Waals surface area contributed by atoms with Gasteiger partial charge in [0.05, 0.1) is 23.4 Å². The number of hydrogen-bond acceptors (Lipinski definition) is 5. The number of carbonyl (C=O) groups excluding carboxylic acids is 2. The molecule has 2 amide bonds. The van der Waals surface area contributed by atoms with Crippen LogP contribution in [0.2, 0.25) is 0 Å². The lowest BCUT2D eigenvalue weighted by Crippen LogP contribution is -2.42. The van der Waals surface area contributed by atoms with Crippen molar-refractivity contribution in [3.8, 4) is 11.1 Å². The van der Waals surface area contributed by atoms with Gasteiger partial charge in [-0.2, -0.15) is 10.2 Å². The molecule has 3 aliphatic rings. The second-order valence-electron chi connectivity index (χ2n) is 9.21. The first-order chi connectivity index (χ1) is 15.1. The van der Waals surface area contributed by atoms with E-state index < -0.39 is 6.04 Å². The Bertz CT molecular complexity index is 1180. The van der Waals surface area contributed by atoms with Crippen LogP contribution < -0.4 is 10.6 Å². The van der Waals surface area contributed by atoms with Crippen LogP contribution in [0.25, 0.3) is 22.0 Å². The molecule has 3 fully saturated rings. The van der Waals surface area contributed by atoms with Gasteiger partial charge in [-0.25, -0.2) is 0 Å². The molecule has 3 aromatic rings. The van der Waals surface area contributed by atoms with Crippen molar-refractivity contribution in [2.45, 2.75) is 44.7 Å². The van der Waals surface area contributed by atoms with Gasteiger partial charge >= 0.3 is 0 Å². The van der Waals surface area contributed by atoms with Gasteiger partial charge in [-0.3, -0.25) is 24.3 Å². The molecular weight excluding hydrogens is 392 g/mol. The molecule has 2 saturated heterocycles. The van der Waals surface area contributed by atoms with Gasteiger partial charge in [-0.05, 0) is 62.7 Å². The molecule has 1 saturated carbocycles. The van der Waals surface area contributed by atoms with E-state index >= 15 is 0 Å². The monoisotopic (exact) mass is 418 g/mol. The average molecular weight is 419 g/mol. The molecule has 31 heavy (non-hydrogen) atoms. The van der Waals surface area contributed by atoms with Crippen LogP contribution in [-0.2, 0) is 9.59 Å². The largest absolute Gasteiger partial charge is 0.316 e. The van der Waals surface area contributed by atoms with Crippen molar-refractivity contribution >= 4 is 22.7 Å². The van der Waals surface area contributed by atoms with Gasteiger partial charge in [-0.1, -0.05) is 12.1 Å². The van der Waals surface area contributed by atoms with Gasteiger partial charge in [0.15, 0.2) is 0 Å². The number of nitrogens with one attached hydrogen (secondary N) is 2. The van der Waals surface area contributed by atoms with Crippen LogP contribution in [0.3, 0.4) is 0 Å². The predicted octanol–water partition coefficient (Wildman–Crippen LogP) is 2.36. The van der Waals surface area contributed by atoms with Gasteiger partial charge in [0.2, 0.25) is 5.91 Å². The van der Waals surface area contributed by atoms with Gasteiger partial charge in [-0.15, -0.1) is 0 Å². The predicted molar refractivity (Wildman–Crippen MR) is 115 cm³/mol.